The number of nitrogens with zero attached hydrogens (tertiary/aromatic N) is 1. The average Bonchev–Trinajstić information content (AvgIpc) is 2.26. The summed E-state index contributed by atoms with van der Waals surface area (Å²) in [5.41, 5.74) is 1.77. The molecule has 16 heavy (non-hydrogen) atoms. The highest BCUT2D eigenvalue weighted by Gasteiger charge is 2.23. The monoisotopic (exact) mass is 215 g/mol. The molecule has 0 aliphatic rings. The number of fused-ring (bicyclic) bond motifs is 1. The van der Waals surface area contributed by atoms with Crippen molar-refractivity contribution in [2.75, 3.05) is 0 Å². The molecule has 2 nitrogen and oxygen atoms in total. The zero-order valence-corrected chi connectivity index (χ0v) is 9.94. The molecule has 0 aliphatic carbocycles. The van der Waals surface area contributed by atoms with Crippen molar-refractivity contribution in [3.8, 4) is 0 Å². The van der Waals surface area contributed by atoms with E-state index in [-0.39, 0.29) is 5.41 Å². The summed E-state index contributed by atoms with van der Waals surface area (Å²) in [4.78, 5) is 4.26. The molecule has 2 aromatic rings. The van der Waals surface area contributed by atoms with Gasteiger partial charge >= 0.3 is 0 Å². The fraction of sp³-hybridized carbons (Fsp3) is 0.357. The van der Waals surface area contributed by atoms with E-state index in [0.29, 0.717) is 0 Å². The number of hydrogen-bond acceptors (Lipinski definition) is 2. The summed E-state index contributed by atoms with van der Waals surface area (Å²) in [7, 11) is 0. The Kier molecular flexibility index (Phi) is 2.68. The van der Waals surface area contributed by atoms with E-state index >= 15 is 0 Å². The largest absolute Gasteiger partial charge is 0.388 e. The van der Waals surface area contributed by atoms with Crippen LogP contribution in [0.2, 0.25) is 0 Å². The van der Waals surface area contributed by atoms with Crippen LogP contribution in [0.25, 0.3) is 10.9 Å². The van der Waals surface area contributed by atoms with E-state index in [4.69, 9.17) is 0 Å². The van der Waals surface area contributed by atoms with Crippen molar-refractivity contribution in [2.45, 2.75) is 26.9 Å². The second-order valence-corrected chi connectivity index (χ2v) is 5.22. The number of aliphatic hydroxyl groups is 1. The van der Waals surface area contributed by atoms with Crippen LogP contribution in [0.5, 0.6) is 0 Å². The van der Waals surface area contributed by atoms with E-state index in [1.165, 1.54) is 0 Å². The number of benzene rings is 1. The smallest absolute Gasteiger partial charge is 0.0838 e. The van der Waals surface area contributed by atoms with Gasteiger partial charge in [0.05, 0.1) is 11.6 Å². The predicted octanol–water partition coefficient (Wildman–Crippen LogP) is 3.31. The minimum Gasteiger partial charge on any atom is -0.388 e. The fourth-order valence-electron chi connectivity index (χ4n) is 1.76. The summed E-state index contributed by atoms with van der Waals surface area (Å²) in [6.07, 6.45) is 1.33. The normalized spacial score (nSPS) is 14.0. The van der Waals surface area contributed by atoms with Gasteiger partial charge in [0.25, 0.3) is 0 Å². The van der Waals surface area contributed by atoms with Gasteiger partial charge in [0.15, 0.2) is 0 Å². The van der Waals surface area contributed by atoms with Crippen molar-refractivity contribution < 1.29 is 5.11 Å². The third-order valence-corrected chi connectivity index (χ3v) is 2.76. The first-order valence-electron chi connectivity index (χ1n) is 5.51. The van der Waals surface area contributed by atoms with Crippen LogP contribution in [0.15, 0.2) is 36.5 Å². The summed E-state index contributed by atoms with van der Waals surface area (Å²) < 4.78 is 0. The molecular formula is C14H17NO. The van der Waals surface area contributed by atoms with Gasteiger partial charge in [0, 0.05) is 11.6 Å². The third kappa shape index (κ3) is 2.07. The fourth-order valence-corrected chi connectivity index (χ4v) is 1.76. The molecule has 1 aromatic carbocycles. The molecular weight excluding hydrogens is 198 g/mol. The minimum atomic E-state index is -0.447. The van der Waals surface area contributed by atoms with Gasteiger partial charge in [-0.25, -0.2) is 0 Å². The topological polar surface area (TPSA) is 33.1 Å². The number of aromatic nitrogens is 1. The maximum absolute atomic E-state index is 10.2. The van der Waals surface area contributed by atoms with Crippen LogP contribution in [0.3, 0.4) is 0 Å². The molecule has 1 N–H and O–H groups in total. The van der Waals surface area contributed by atoms with Crippen LogP contribution in [-0.2, 0) is 0 Å². The van der Waals surface area contributed by atoms with Crippen molar-refractivity contribution in [2.24, 2.45) is 5.41 Å². The number of rotatable bonds is 1. The van der Waals surface area contributed by atoms with Crippen LogP contribution in [-0.4, -0.2) is 10.1 Å². The molecule has 84 valence electrons. The molecule has 0 fully saturated rings. The standard InChI is InChI=1S/C14H17NO/c1-14(2,3)13(16)11-6-7-12-10(9-11)5-4-8-15-12/h4-9,13,16H,1-3H3. The van der Waals surface area contributed by atoms with Gasteiger partial charge in [0.1, 0.15) is 0 Å². The summed E-state index contributed by atoms with van der Waals surface area (Å²) in [5.74, 6) is 0. The van der Waals surface area contributed by atoms with Gasteiger partial charge in [-0.3, -0.25) is 4.98 Å². The van der Waals surface area contributed by atoms with E-state index < -0.39 is 6.10 Å². The molecule has 0 spiro atoms. The molecule has 1 aromatic heterocycles. The van der Waals surface area contributed by atoms with E-state index in [9.17, 15) is 5.11 Å². The van der Waals surface area contributed by atoms with Gasteiger partial charge in [-0.05, 0) is 29.2 Å². The maximum Gasteiger partial charge on any atom is 0.0838 e. The van der Waals surface area contributed by atoms with Gasteiger partial charge in [-0.2, -0.15) is 0 Å². The van der Waals surface area contributed by atoms with Crippen molar-refractivity contribution in [1.82, 2.24) is 4.98 Å². The van der Waals surface area contributed by atoms with E-state index in [2.05, 4.69) is 4.98 Å². The van der Waals surface area contributed by atoms with Gasteiger partial charge in [-0.15, -0.1) is 0 Å². The second kappa shape index (κ2) is 3.87. The second-order valence-electron chi connectivity index (χ2n) is 5.22. The first-order chi connectivity index (χ1) is 7.48. The molecule has 1 atom stereocenters. The van der Waals surface area contributed by atoms with Crippen LogP contribution < -0.4 is 0 Å². The zero-order chi connectivity index (χ0) is 11.8. The summed E-state index contributed by atoms with van der Waals surface area (Å²) >= 11 is 0. The third-order valence-electron chi connectivity index (χ3n) is 2.76. The van der Waals surface area contributed by atoms with E-state index in [1.807, 2.05) is 51.1 Å². The van der Waals surface area contributed by atoms with Crippen LogP contribution in [0.4, 0.5) is 0 Å². The number of aliphatic hydroxyl groups excluding tert-OH is 1. The highest BCUT2D eigenvalue weighted by molar-refractivity contribution is 5.79. The molecule has 1 unspecified atom stereocenters. The lowest BCUT2D eigenvalue weighted by atomic mass is 9.84. The van der Waals surface area contributed by atoms with Crippen LogP contribution in [0, 0.1) is 5.41 Å². The SMILES string of the molecule is CC(C)(C)C(O)c1ccc2ncccc2c1. The van der Waals surface area contributed by atoms with E-state index in [1.54, 1.807) is 6.20 Å². The molecule has 0 saturated carbocycles. The first-order valence-corrected chi connectivity index (χ1v) is 5.51. The highest BCUT2D eigenvalue weighted by Crippen LogP contribution is 2.33. The molecule has 0 saturated heterocycles. The van der Waals surface area contributed by atoms with Gasteiger partial charge in [-0.1, -0.05) is 32.9 Å². The Labute approximate surface area is 96.0 Å². The molecule has 2 rings (SSSR count). The lowest BCUT2D eigenvalue weighted by Gasteiger charge is -2.26. The Bertz CT molecular complexity index is 499. The van der Waals surface area contributed by atoms with E-state index in [0.717, 1.165) is 16.5 Å². The summed E-state index contributed by atoms with van der Waals surface area (Å²) in [6, 6.07) is 9.85. The van der Waals surface area contributed by atoms with Crippen molar-refractivity contribution in [3.05, 3.63) is 42.1 Å². The maximum atomic E-state index is 10.2. The molecule has 0 aliphatic heterocycles. The van der Waals surface area contributed by atoms with Gasteiger partial charge < -0.3 is 5.11 Å². The Hall–Kier alpha value is -1.41. The first kappa shape index (κ1) is 11.1. The zero-order valence-electron chi connectivity index (χ0n) is 9.94. The van der Waals surface area contributed by atoms with Crippen LogP contribution in [0.1, 0.15) is 32.4 Å². The quantitative estimate of drug-likeness (QED) is 0.791. The molecule has 0 radical (unpaired) electrons. The van der Waals surface area contributed by atoms with Crippen LogP contribution >= 0.6 is 0 Å². The Morgan fingerprint density at radius 3 is 2.62 bits per heavy atom. The number of hydrogen-bond donors (Lipinski definition) is 1. The van der Waals surface area contributed by atoms with Gasteiger partial charge in [0.2, 0.25) is 0 Å². The average molecular weight is 215 g/mol. The van der Waals surface area contributed by atoms with Crippen molar-refractivity contribution >= 4 is 10.9 Å². The van der Waals surface area contributed by atoms with Crippen molar-refractivity contribution in [1.29, 1.82) is 0 Å². The molecule has 2 heteroatoms. The lowest BCUT2D eigenvalue weighted by molar-refractivity contribution is 0.0628. The Balaban J connectivity index is 2.47. The molecule has 1 heterocycles. The summed E-state index contributed by atoms with van der Waals surface area (Å²) in [5, 5.41) is 11.3. The summed E-state index contributed by atoms with van der Waals surface area (Å²) in [6.45, 7) is 6.10. The Morgan fingerprint density at radius 1 is 1.19 bits per heavy atom. The van der Waals surface area contributed by atoms with Crippen molar-refractivity contribution in [3.63, 3.8) is 0 Å². The molecule has 0 bridgehead atoms. The number of pyridine rings is 1. The highest BCUT2D eigenvalue weighted by atomic mass is 16.3. The minimum absolute atomic E-state index is 0.143. The Morgan fingerprint density at radius 2 is 1.94 bits per heavy atom. The molecule has 0 amide bonds. The lowest BCUT2D eigenvalue weighted by Crippen LogP contribution is -2.17. The predicted molar refractivity (Wildman–Crippen MR) is 66.2 cm³/mol.